The van der Waals surface area contributed by atoms with Crippen LogP contribution in [0.2, 0.25) is 0 Å². The molecule has 4 nitrogen and oxygen atoms in total. The minimum Gasteiger partial charge on any atom is -0.494 e. The zero-order valence-corrected chi connectivity index (χ0v) is 12.4. The summed E-state index contributed by atoms with van der Waals surface area (Å²) in [5.74, 6) is 2.24. The second kappa shape index (κ2) is 6.14. The van der Waals surface area contributed by atoms with E-state index in [0.717, 1.165) is 42.2 Å². The predicted octanol–water partition coefficient (Wildman–Crippen LogP) is 2.84. The van der Waals surface area contributed by atoms with Crippen LogP contribution in [0, 0.1) is 0 Å². The summed E-state index contributed by atoms with van der Waals surface area (Å²) >= 11 is 0. The van der Waals surface area contributed by atoms with Gasteiger partial charge in [-0.1, -0.05) is 18.2 Å². The molecule has 0 radical (unpaired) electrons. The number of para-hydroxylation sites is 1. The fourth-order valence-corrected chi connectivity index (χ4v) is 2.93. The van der Waals surface area contributed by atoms with Crippen LogP contribution in [0.4, 0.5) is 0 Å². The molecule has 0 amide bonds. The summed E-state index contributed by atoms with van der Waals surface area (Å²) in [4.78, 5) is 4.12. The van der Waals surface area contributed by atoms with E-state index < -0.39 is 0 Å². The molecule has 0 saturated carbocycles. The molecule has 110 valence electrons. The average molecular weight is 284 g/mol. The van der Waals surface area contributed by atoms with Crippen molar-refractivity contribution in [1.82, 2.24) is 10.3 Å². The van der Waals surface area contributed by atoms with E-state index in [1.54, 1.807) is 19.5 Å². The second-order valence-electron chi connectivity index (χ2n) is 5.19. The van der Waals surface area contributed by atoms with Crippen LogP contribution in [0.1, 0.15) is 17.9 Å². The molecule has 2 aromatic rings. The molecule has 1 N–H and O–H groups in total. The lowest BCUT2D eigenvalue weighted by molar-refractivity contribution is 0.267. The topological polar surface area (TPSA) is 43.4 Å². The van der Waals surface area contributed by atoms with E-state index in [9.17, 15) is 0 Å². The van der Waals surface area contributed by atoms with Crippen molar-refractivity contribution in [2.75, 3.05) is 27.3 Å². The fraction of sp³-hybridized carbons (Fsp3) is 0.353. The van der Waals surface area contributed by atoms with E-state index in [2.05, 4.69) is 28.5 Å². The van der Waals surface area contributed by atoms with Crippen LogP contribution in [0.25, 0.3) is 11.1 Å². The highest BCUT2D eigenvalue weighted by molar-refractivity contribution is 5.77. The van der Waals surface area contributed by atoms with Crippen molar-refractivity contribution in [3.05, 3.63) is 42.2 Å². The fourth-order valence-electron chi connectivity index (χ4n) is 2.93. The Labute approximate surface area is 125 Å². The minimum atomic E-state index is 0.492. The van der Waals surface area contributed by atoms with Crippen LogP contribution >= 0.6 is 0 Å². The van der Waals surface area contributed by atoms with Crippen molar-refractivity contribution in [2.45, 2.75) is 12.3 Å². The summed E-state index contributed by atoms with van der Waals surface area (Å²) in [7, 11) is 3.66. The van der Waals surface area contributed by atoms with Gasteiger partial charge >= 0.3 is 0 Å². The van der Waals surface area contributed by atoms with Gasteiger partial charge in [-0.15, -0.1) is 0 Å². The summed E-state index contributed by atoms with van der Waals surface area (Å²) < 4.78 is 11.4. The zero-order valence-electron chi connectivity index (χ0n) is 12.4. The molecule has 1 aromatic carbocycles. The molecule has 0 aliphatic carbocycles. The van der Waals surface area contributed by atoms with Crippen molar-refractivity contribution in [1.29, 1.82) is 0 Å². The molecule has 4 heteroatoms. The van der Waals surface area contributed by atoms with Gasteiger partial charge in [0.25, 0.3) is 0 Å². The molecule has 0 saturated heterocycles. The number of hydrogen-bond acceptors (Lipinski definition) is 4. The lowest BCUT2D eigenvalue weighted by atomic mass is 9.89. The number of aromatic nitrogens is 1. The monoisotopic (exact) mass is 284 g/mol. The van der Waals surface area contributed by atoms with Crippen molar-refractivity contribution >= 4 is 0 Å². The number of hydrogen-bond donors (Lipinski definition) is 1. The summed E-state index contributed by atoms with van der Waals surface area (Å²) in [5.41, 5.74) is 3.37. The Morgan fingerprint density at radius 1 is 1.33 bits per heavy atom. The Bertz CT molecular complexity index is 628. The third-order valence-corrected chi connectivity index (χ3v) is 3.94. The Morgan fingerprint density at radius 3 is 3.05 bits per heavy atom. The first-order valence-electron chi connectivity index (χ1n) is 7.23. The Hall–Kier alpha value is -2.07. The van der Waals surface area contributed by atoms with Crippen molar-refractivity contribution in [3.63, 3.8) is 0 Å². The molecule has 1 atom stereocenters. The minimum absolute atomic E-state index is 0.492. The zero-order chi connectivity index (χ0) is 14.7. The number of nitrogens with zero attached hydrogens (tertiary/aromatic N) is 1. The quantitative estimate of drug-likeness (QED) is 0.937. The van der Waals surface area contributed by atoms with Crippen molar-refractivity contribution in [2.24, 2.45) is 0 Å². The van der Waals surface area contributed by atoms with Gasteiger partial charge in [0.15, 0.2) is 0 Å². The lowest BCUT2D eigenvalue weighted by Gasteiger charge is -2.28. The van der Waals surface area contributed by atoms with Gasteiger partial charge in [-0.05, 0) is 25.1 Å². The molecular weight excluding hydrogens is 264 g/mol. The molecule has 1 aromatic heterocycles. The first-order chi connectivity index (χ1) is 10.3. The van der Waals surface area contributed by atoms with Crippen LogP contribution in [-0.2, 0) is 0 Å². The van der Waals surface area contributed by atoms with Crippen LogP contribution < -0.4 is 14.8 Å². The first-order valence-corrected chi connectivity index (χ1v) is 7.23. The summed E-state index contributed by atoms with van der Waals surface area (Å²) in [6.07, 6.45) is 4.57. The maximum Gasteiger partial charge on any atom is 0.145 e. The van der Waals surface area contributed by atoms with E-state index in [1.165, 1.54) is 5.56 Å². The molecule has 0 unspecified atom stereocenters. The van der Waals surface area contributed by atoms with Gasteiger partial charge in [0, 0.05) is 29.8 Å². The molecule has 21 heavy (non-hydrogen) atoms. The highest BCUT2D eigenvalue weighted by Crippen LogP contribution is 2.43. The Balaban J connectivity index is 2.10. The third-order valence-electron chi connectivity index (χ3n) is 3.94. The molecule has 1 aliphatic heterocycles. The smallest absolute Gasteiger partial charge is 0.145 e. The van der Waals surface area contributed by atoms with Gasteiger partial charge in [0.05, 0.1) is 19.9 Å². The largest absolute Gasteiger partial charge is 0.494 e. The number of fused-ring (bicyclic) bond motifs is 1. The standard InChI is InChI=1S/C17H20N2O2/c1-18-10-12-7-9-21-17-13(12)4-3-5-15(17)14-6-8-19-11-16(14)20-2/h3-6,8,11-12,18H,7,9-10H2,1-2H3/t12-/m1/s1. The van der Waals surface area contributed by atoms with E-state index in [4.69, 9.17) is 9.47 Å². The highest BCUT2D eigenvalue weighted by atomic mass is 16.5. The number of methoxy groups -OCH3 is 1. The van der Waals surface area contributed by atoms with Gasteiger partial charge < -0.3 is 14.8 Å². The summed E-state index contributed by atoms with van der Waals surface area (Å²) in [6, 6.07) is 8.30. The maximum absolute atomic E-state index is 5.98. The van der Waals surface area contributed by atoms with E-state index in [1.807, 2.05) is 13.1 Å². The highest BCUT2D eigenvalue weighted by Gasteiger charge is 2.24. The van der Waals surface area contributed by atoms with Gasteiger partial charge in [0.2, 0.25) is 0 Å². The molecule has 0 bridgehead atoms. The normalized spacial score (nSPS) is 17.0. The van der Waals surface area contributed by atoms with Crippen LogP contribution in [0.15, 0.2) is 36.7 Å². The molecule has 2 heterocycles. The predicted molar refractivity (Wildman–Crippen MR) is 83.0 cm³/mol. The molecule has 0 spiro atoms. The molecule has 0 fully saturated rings. The number of benzene rings is 1. The van der Waals surface area contributed by atoms with Gasteiger partial charge in [-0.25, -0.2) is 0 Å². The van der Waals surface area contributed by atoms with E-state index in [0.29, 0.717) is 5.92 Å². The number of nitrogens with one attached hydrogen (secondary N) is 1. The maximum atomic E-state index is 5.98. The van der Waals surface area contributed by atoms with Crippen LogP contribution in [0.5, 0.6) is 11.5 Å². The molecule has 3 rings (SSSR count). The van der Waals surface area contributed by atoms with Crippen molar-refractivity contribution < 1.29 is 9.47 Å². The summed E-state index contributed by atoms with van der Waals surface area (Å²) in [6.45, 7) is 1.72. The number of ether oxygens (including phenoxy) is 2. The second-order valence-corrected chi connectivity index (χ2v) is 5.19. The van der Waals surface area contributed by atoms with Crippen molar-refractivity contribution in [3.8, 4) is 22.6 Å². The Morgan fingerprint density at radius 2 is 2.24 bits per heavy atom. The third kappa shape index (κ3) is 2.59. The van der Waals surface area contributed by atoms with Crippen LogP contribution in [-0.4, -0.2) is 32.3 Å². The number of rotatable bonds is 4. The first kappa shape index (κ1) is 13.9. The number of pyridine rings is 1. The average Bonchev–Trinajstić information content (AvgIpc) is 2.55. The SMILES string of the molecule is CNC[C@H]1CCOc2c(-c3ccncc3OC)cccc21. The van der Waals surface area contributed by atoms with Gasteiger partial charge in [-0.2, -0.15) is 0 Å². The summed E-state index contributed by atoms with van der Waals surface area (Å²) in [5, 5.41) is 3.27. The van der Waals surface area contributed by atoms with Crippen LogP contribution in [0.3, 0.4) is 0 Å². The molecular formula is C17H20N2O2. The van der Waals surface area contributed by atoms with E-state index >= 15 is 0 Å². The van der Waals surface area contributed by atoms with E-state index in [-0.39, 0.29) is 0 Å². The lowest BCUT2D eigenvalue weighted by Crippen LogP contribution is -2.23. The van der Waals surface area contributed by atoms with Gasteiger partial charge in [-0.3, -0.25) is 4.98 Å². The molecule has 1 aliphatic rings. The van der Waals surface area contributed by atoms with Gasteiger partial charge in [0.1, 0.15) is 11.5 Å². The number of likely N-dealkylation sites (N-methyl/N-ethyl adjacent to an activating group) is 1. The Kier molecular flexibility index (Phi) is 4.06.